The molecule has 0 radical (unpaired) electrons. The van der Waals surface area contributed by atoms with Gasteiger partial charge in [-0.3, -0.25) is 37.3 Å². The van der Waals surface area contributed by atoms with E-state index in [4.69, 9.17) is 37.0 Å². The quantitative estimate of drug-likeness (QED) is 0.0222. The van der Waals surface area contributed by atoms with Crippen LogP contribution in [-0.2, 0) is 65.4 Å². The summed E-state index contributed by atoms with van der Waals surface area (Å²) in [5.74, 6) is 0.939. The highest BCUT2D eigenvalue weighted by atomic mass is 31.2. The number of unbranched alkanes of at least 4 members (excludes halogenated alkanes) is 43. The van der Waals surface area contributed by atoms with Gasteiger partial charge in [-0.2, -0.15) is 0 Å². The molecule has 0 aromatic heterocycles. The molecule has 3 N–H and O–H groups in total. The molecule has 0 aromatic carbocycles. The van der Waals surface area contributed by atoms with Crippen molar-refractivity contribution in [2.24, 2.45) is 23.7 Å². The van der Waals surface area contributed by atoms with E-state index in [1.807, 2.05) is 0 Å². The van der Waals surface area contributed by atoms with Gasteiger partial charge in [0.1, 0.15) is 19.3 Å². The molecule has 17 nitrogen and oxygen atoms in total. The molecule has 0 aromatic rings. The molecule has 0 saturated heterocycles. The maximum atomic E-state index is 13.1. The van der Waals surface area contributed by atoms with Crippen LogP contribution in [-0.4, -0.2) is 96.7 Å². The monoisotopic (exact) mass is 1450 g/mol. The molecule has 0 heterocycles. The summed E-state index contributed by atoms with van der Waals surface area (Å²) < 4.78 is 68.6. The van der Waals surface area contributed by atoms with Crippen molar-refractivity contribution in [1.29, 1.82) is 0 Å². The second-order valence-electron chi connectivity index (χ2n) is 30.7. The summed E-state index contributed by atoms with van der Waals surface area (Å²) in [7, 11) is -9.92. The Balaban J connectivity index is 5.20. The number of phosphoric ester groups is 2. The van der Waals surface area contributed by atoms with Crippen molar-refractivity contribution in [3.63, 3.8) is 0 Å². The molecule has 0 spiro atoms. The highest BCUT2D eigenvalue weighted by molar-refractivity contribution is 7.47. The van der Waals surface area contributed by atoms with Crippen molar-refractivity contribution in [3.8, 4) is 0 Å². The van der Waals surface area contributed by atoms with Gasteiger partial charge in [-0.25, -0.2) is 9.13 Å². The van der Waals surface area contributed by atoms with Crippen LogP contribution < -0.4 is 0 Å². The fourth-order valence-corrected chi connectivity index (χ4v) is 13.8. The van der Waals surface area contributed by atoms with E-state index in [0.29, 0.717) is 31.6 Å². The summed E-state index contributed by atoms with van der Waals surface area (Å²) >= 11 is 0. The number of rotatable bonds is 77. The van der Waals surface area contributed by atoms with Gasteiger partial charge in [0.25, 0.3) is 0 Å². The molecule has 3 unspecified atom stereocenters. The Morgan fingerprint density at radius 1 is 0.253 bits per heavy atom. The van der Waals surface area contributed by atoms with Crippen LogP contribution >= 0.6 is 15.6 Å². The van der Waals surface area contributed by atoms with E-state index in [2.05, 4.69) is 55.4 Å². The third kappa shape index (κ3) is 74.1. The second kappa shape index (κ2) is 69.1. The van der Waals surface area contributed by atoms with Crippen LogP contribution in [0, 0.1) is 23.7 Å². The minimum absolute atomic E-state index is 0.106. The molecule has 588 valence electrons. The number of hydrogen-bond donors (Lipinski definition) is 3. The first-order valence-corrected chi connectivity index (χ1v) is 44.2. The predicted molar refractivity (Wildman–Crippen MR) is 404 cm³/mol. The molecule has 99 heavy (non-hydrogen) atoms. The Bertz CT molecular complexity index is 1940. The summed E-state index contributed by atoms with van der Waals surface area (Å²) in [4.78, 5) is 72.9. The molecule has 0 aliphatic carbocycles. The van der Waals surface area contributed by atoms with Crippen LogP contribution in [0.25, 0.3) is 0 Å². The lowest BCUT2D eigenvalue weighted by Crippen LogP contribution is -2.30. The van der Waals surface area contributed by atoms with Crippen molar-refractivity contribution in [1.82, 2.24) is 0 Å². The largest absolute Gasteiger partial charge is 0.472 e. The number of aliphatic hydroxyl groups excluding tert-OH is 1. The van der Waals surface area contributed by atoms with Gasteiger partial charge in [-0.15, -0.1) is 0 Å². The topological polar surface area (TPSA) is 237 Å². The minimum atomic E-state index is -4.96. The molecule has 0 bridgehead atoms. The number of aliphatic hydroxyl groups is 1. The predicted octanol–water partition coefficient (Wildman–Crippen LogP) is 23.6. The van der Waals surface area contributed by atoms with Gasteiger partial charge in [0, 0.05) is 25.7 Å². The van der Waals surface area contributed by atoms with Gasteiger partial charge >= 0.3 is 39.5 Å². The lowest BCUT2D eigenvalue weighted by molar-refractivity contribution is -0.161. The van der Waals surface area contributed by atoms with Crippen LogP contribution in [0.5, 0.6) is 0 Å². The van der Waals surface area contributed by atoms with E-state index in [0.717, 1.165) is 114 Å². The number of esters is 4. The van der Waals surface area contributed by atoms with Crippen LogP contribution in [0.15, 0.2) is 0 Å². The Hall–Kier alpha value is -1.94. The zero-order valence-corrected chi connectivity index (χ0v) is 66.9. The Kier molecular flexibility index (Phi) is 67.8. The van der Waals surface area contributed by atoms with Crippen LogP contribution in [0.2, 0.25) is 0 Å². The average molecular weight is 1450 g/mol. The van der Waals surface area contributed by atoms with Crippen molar-refractivity contribution >= 4 is 39.5 Å². The van der Waals surface area contributed by atoms with Crippen LogP contribution in [0.1, 0.15) is 409 Å². The Morgan fingerprint density at radius 2 is 0.424 bits per heavy atom. The Morgan fingerprint density at radius 3 is 0.626 bits per heavy atom. The first-order chi connectivity index (χ1) is 47.6. The van der Waals surface area contributed by atoms with E-state index in [-0.39, 0.29) is 25.7 Å². The molecular formula is C80H156O17P2. The standard InChI is InChI=1S/C80H156O17P2/c1-70(2)56-48-40-32-25-20-16-13-11-9-10-12-14-18-22-28-37-46-54-62-79(84)96-75(66-90-77(82)60-52-44-36-30-24-27-34-42-50-58-72(5)6)68-94-98(86,87)92-64-74(81)65-93-99(88,89)95-69-76(67-91-78(83)61-53-45-39-31-35-43-51-59-73(7)8)97-80(85)63-55-47-38-29-23-19-15-17-21-26-33-41-49-57-71(3)4/h70-76,81H,9-69H2,1-8H3,(H,86,87)(H,88,89)/t74?,75-,76-/m1/s1. The molecule has 0 rings (SSSR count). The maximum absolute atomic E-state index is 13.1. The summed E-state index contributed by atoms with van der Waals surface area (Å²) in [5, 5.41) is 10.6. The van der Waals surface area contributed by atoms with E-state index in [1.165, 1.54) is 205 Å². The van der Waals surface area contributed by atoms with E-state index < -0.39 is 97.5 Å². The maximum Gasteiger partial charge on any atom is 0.472 e. The number of hydrogen-bond acceptors (Lipinski definition) is 15. The third-order valence-corrected chi connectivity index (χ3v) is 20.5. The van der Waals surface area contributed by atoms with E-state index >= 15 is 0 Å². The number of phosphoric acid groups is 2. The molecule has 0 aliphatic rings. The molecule has 5 atom stereocenters. The van der Waals surface area contributed by atoms with Crippen molar-refractivity contribution in [2.45, 2.75) is 427 Å². The van der Waals surface area contributed by atoms with Crippen molar-refractivity contribution in [3.05, 3.63) is 0 Å². The van der Waals surface area contributed by atoms with E-state index in [9.17, 15) is 43.2 Å². The summed E-state index contributed by atoms with van der Waals surface area (Å²) in [6.45, 7) is 14.2. The van der Waals surface area contributed by atoms with Crippen LogP contribution in [0.3, 0.4) is 0 Å². The van der Waals surface area contributed by atoms with Crippen molar-refractivity contribution < 1.29 is 80.2 Å². The van der Waals surface area contributed by atoms with Gasteiger partial charge in [0.15, 0.2) is 12.2 Å². The average Bonchev–Trinajstić information content (AvgIpc) is 1.17. The molecular weight excluding hydrogens is 1290 g/mol. The normalized spacial score (nSPS) is 14.1. The first-order valence-electron chi connectivity index (χ1n) is 41.2. The second-order valence-corrected chi connectivity index (χ2v) is 33.6. The fourth-order valence-electron chi connectivity index (χ4n) is 12.3. The zero-order valence-electron chi connectivity index (χ0n) is 65.1. The number of carbonyl (C=O) groups is 4. The van der Waals surface area contributed by atoms with Gasteiger partial charge in [0.05, 0.1) is 26.4 Å². The Labute approximate surface area is 607 Å². The summed E-state index contributed by atoms with van der Waals surface area (Å²) in [6, 6.07) is 0. The SMILES string of the molecule is CC(C)CCCCCCCCCCCCCCCCCCCCC(=O)O[C@H](COC(=O)CCCCCCCCCCCC(C)C)COP(=O)(O)OCC(O)COP(=O)(O)OC[C@@H](COC(=O)CCCCCCCCCC(C)C)OC(=O)CCCCCCCCCCCCCCCC(C)C. The highest BCUT2D eigenvalue weighted by Gasteiger charge is 2.30. The van der Waals surface area contributed by atoms with Crippen LogP contribution in [0.4, 0.5) is 0 Å². The lowest BCUT2D eigenvalue weighted by atomic mass is 10.0. The summed E-state index contributed by atoms with van der Waals surface area (Å²) in [5.41, 5.74) is 0. The highest BCUT2D eigenvalue weighted by Crippen LogP contribution is 2.45. The first kappa shape index (κ1) is 97.1. The van der Waals surface area contributed by atoms with Gasteiger partial charge in [0.2, 0.25) is 0 Å². The number of ether oxygens (including phenoxy) is 4. The van der Waals surface area contributed by atoms with Gasteiger partial charge < -0.3 is 33.8 Å². The zero-order chi connectivity index (χ0) is 73.1. The smallest absolute Gasteiger partial charge is 0.462 e. The van der Waals surface area contributed by atoms with E-state index in [1.54, 1.807) is 0 Å². The van der Waals surface area contributed by atoms with Gasteiger partial charge in [-0.1, -0.05) is 357 Å². The minimum Gasteiger partial charge on any atom is -0.462 e. The van der Waals surface area contributed by atoms with Gasteiger partial charge in [-0.05, 0) is 49.4 Å². The third-order valence-electron chi connectivity index (χ3n) is 18.6. The summed E-state index contributed by atoms with van der Waals surface area (Å²) in [6.07, 6.45) is 55.7. The fraction of sp³-hybridized carbons (Fsp3) is 0.950. The molecule has 0 aliphatic heterocycles. The van der Waals surface area contributed by atoms with Crippen molar-refractivity contribution in [2.75, 3.05) is 39.6 Å². The molecule has 0 amide bonds. The molecule has 0 fully saturated rings. The molecule has 19 heteroatoms. The lowest BCUT2D eigenvalue weighted by Gasteiger charge is -2.21. The number of carbonyl (C=O) groups excluding carboxylic acids is 4. The molecule has 0 saturated carbocycles.